The highest BCUT2D eigenvalue weighted by Crippen LogP contribution is 2.52. The van der Waals surface area contributed by atoms with Crippen LogP contribution in [0.1, 0.15) is 39.6 Å². The maximum atomic E-state index is 14.1. The number of phenolic OH excluding ortho intramolecular Hbond substituents is 1. The molecule has 222 valence electrons. The van der Waals surface area contributed by atoms with Gasteiger partial charge in [-0.3, -0.25) is 24.0 Å². The van der Waals surface area contributed by atoms with E-state index >= 15 is 0 Å². The lowest BCUT2D eigenvalue weighted by molar-refractivity contribution is -0.190. The highest BCUT2D eigenvalue weighted by molar-refractivity contribution is 6.26. The van der Waals surface area contributed by atoms with Crippen LogP contribution in [0.15, 0.2) is 48.5 Å². The van der Waals surface area contributed by atoms with Crippen molar-refractivity contribution >= 4 is 39.8 Å². The quantitative estimate of drug-likeness (QED) is 0.263. The first kappa shape index (κ1) is 28.9. The maximum absolute atomic E-state index is 14.1. The number of carbonyl (C=O) groups is 5. The third-order valence-corrected chi connectivity index (χ3v) is 9.77. The monoisotopic (exact) mass is 584 g/mol. The first-order valence-corrected chi connectivity index (χ1v) is 14.2. The SMILES string of the molecule is CC(=O)c1ccc(-c2ccc(O)c3c2C[C@@H]2C[C@@H]4[C@@H](N(C)C)C(O)C(C(N)=O)C(=O)[C@]4(O)C(=O)C2C3=O)c2ccccc12. The molecule has 10 nitrogen and oxygen atoms in total. The molecule has 2 fully saturated rings. The number of primary amides is 1. The number of carbonyl (C=O) groups excluding carboxylic acids is 5. The summed E-state index contributed by atoms with van der Waals surface area (Å²) in [6, 6.07) is 13.0. The molecule has 3 unspecified atom stereocenters. The van der Waals surface area contributed by atoms with E-state index in [1.54, 1.807) is 37.2 Å². The van der Waals surface area contributed by atoms with E-state index in [1.807, 2.05) is 24.3 Å². The van der Waals surface area contributed by atoms with Crippen molar-refractivity contribution < 1.29 is 39.3 Å². The van der Waals surface area contributed by atoms with Crippen LogP contribution in [-0.2, 0) is 20.8 Å². The standard InChI is InChI=1S/C33H32N2O8/c1-14(36)16-8-9-19(18-7-5-4-6-17(16)18)20-10-11-23(37)25-21(20)12-15-13-22-27(35(2)3)29(39)26(32(34)42)31(41)33(22,43)30(40)24(15)28(25)38/h4-11,15,22,24,26-27,29,37,39,43H,12-13H2,1-3H3,(H2,34,42)/t15-,22-,24?,26?,27-,29?,33-/m1/s1. The van der Waals surface area contributed by atoms with Gasteiger partial charge in [0.25, 0.3) is 0 Å². The molecule has 10 heteroatoms. The third kappa shape index (κ3) is 3.93. The Balaban J connectivity index is 1.52. The van der Waals surface area contributed by atoms with Gasteiger partial charge in [0.1, 0.15) is 11.7 Å². The molecular weight excluding hydrogens is 552 g/mol. The number of hydrogen-bond acceptors (Lipinski definition) is 9. The predicted molar refractivity (Wildman–Crippen MR) is 155 cm³/mol. The van der Waals surface area contributed by atoms with Crippen molar-refractivity contribution in [3.8, 4) is 16.9 Å². The van der Waals surface area contributed by atoms with Gasteiger partial charge in [0, 0.05) is 17.5 Å². The van der Waals surface area contributed by atoms with Gasteiger partial charge in [0.15, 0.2) is 28.7 Å². The van der Waals surface area contributed by atoms with E-state index in [4.69, 9.17) is 5.73 Å². The van der Waals surface area contributed by atoms with Crippen molar-refractivity contribution in [3.05, 3.63) is 65.2 Å². The fraction of sp³-hybridized carbons (Fsp3) is 0.364. The zero-order valence-electron chi connectivity index (χ0n) is 23.9. The molecule has 0 radical (unpaired) electrons. The Morgan fingerprint density at radius 2 is 1.60 bits per heavy atom. The summed E-state index contributed by atoms with van der Waals surface area (Å²) in [6.45, 7) is 1.49. The van der Waals surface area contributed by atoms with Crippen molar-refractivity contribution in [2.75, 3.05) is 14.1 Å². The first-order valence-electron chi connectivity index (χ1n) is 14.2. The van der Waals surface area contributed by atoms with Crippen LogP contribution in [0.5, 0.6) is 5.75 Å². The minimum atomic E-state index is -2.71. The van der Waals surface area contributed by atoms with E-state index < -0.39 is 64.7 Å². The number of likely N-dealkylation sites (N-methyl/N-ethyl adjacent to an activating group) is 1. The van der Waals surface area contributed by atoms with E-state index in [9.17, 15) is 39.3 Å². The molecule has 3 aliphatic carbocycles. The van der Waals surface area contributed by atoms with Crippen LogP contribution in [0.2, 0.25) is 0 Å². The normalized spacial score (nSPS) is 30.1. The number of amides is 1. The van der Waals surface area contributed by atoms with Crippen molar-refractivity contribution in [1.82, 2.24) is 4.90 Å². The number of aromatic hydroxyl groups is 1. The minimum Gasteiger partial charge on any atom is -0.507 e. The zero-order chi connectivity index (χ0) is 31.1. The van der Waals surface area contributed by atoms with E-state index in [2.05, 4.69) is 0 Å². The molecule has 5 N–H and O–H groups in total. The molecule has 43 heavy (non-hydrogen) atoms. The van der Waals surface area contributed by atoms with Gasteiger partial charge < -0.3 is 26.0 Å². The molecular formula is C33H32N2O8. The Morgan fingerprint density at radius 1 is 0.953 bits per heavy atom. The number of phenols is 1. The Hall–Kier alpha value is -4.25. The van der Waals surface area contributed by atoms with Crippen molar-refractivity contribution in [2.45, 2.75) is 37.5 Å². The fourth-order valence-corrected chi connectivity index (χ4v) is 7.92. The molecule has 0 heterocycles. The second kappa shape index (κ2) is 9.90. The van der Waals surface area contributed by atoms with Crippen molar-refractivity contribution in [1.29, 1.82) is 0 Å². The first-order chi connectivity index (χ1) is 20.3. The number of fused-ring (bicyclic) bond motifs is 4. The molecule has 7 atom stereocenters. The average molecular weight is 585 g/mol. The Kier molecular flexibility index (Phi) is 6.64. The highest BCUT2D eigenvalue weighted by Gasteiger charge is 2.69. The van der Waals surface area contributed by atoms with Gasteiger partial charge in [-0.25, -0.2) is 0 Å². The molecule has 0 aromatic heterocycles. The van der Waals surface area contributed by atoms with Crippen LogP contribution in [0.25, 0.3) is 21.9 Å². The summed E-state index contributed by atoms with van der Waals surface area (Å²) >= 11 is 0. The second-order valence-corrected chi connectivity index (χ2v) is 12.2. The molecule has 0 spiro atoms. The van der Waals surface area contributed by atoms with Crippen molar-refractivity contribution in [3.63, 3.8) is 0 Å². The summed E-state index contributed by atoms with van der Waals surface area (Å²) in [5.74, 6) is -9.60. The number of ketones is 4. The fourth-order valence-electron chi connectivity index (χ4n) is 7.92. The van der Waals surface area contributed by atoms with Gasteiger partial charge in [-0.1, -0.05) is 42.5 Å². The van der Waals surface area contributed by atoms with Crippen LogP contribution in [-0.4, -0.2) is 81.1 Å². The van der Waals surface area contributed by atoms with Crippen molar-refractivity contribution in [2.24, 2.45) is 29.4 Å². The maximum Gasteiger partial charge on any atom is 0.230 e. The topological polar surface area (TPSA) is 175 Å². The van der Waals surface area contributed by atoms with Gasteiger partial charge in [-0.2, -0.15) is 0 Å². The van der Waals surface area contributed by atoms with Gasteiger partial charge in [-0.05, 0) is 73.3 Å². The summed E-state index contributed by atoms with van der Waals surface area (Å²) in [5.41, 5.74) is 5.11. The Bertz CT molecular complexity index is 1760. The third-order valence-electron chi connectivity index (χ3n) is 9.77. The number of aliphatic hydroxyl groups excluding tert-OH is 1. The molecule has 6 rings (SSSR count). The summed E-state index contributed by atoms with van der Waals surface area (Å²) < 4.78 is 0. The second-order valence-electron chi connectivity index (χ2n) is 12.2. The largest absolute Gasteiger partial charge is 0.507 e. The number of hydrogen-bond donors (Lipinski definition) is 4. The van der Waals surface area contributed by atoms with Crippen LogP contribution < -0.4 is 5.73 Å². The summed E-state index contributed by atoms with van der Waals surface area (Å²) in [7, 11) is 3.21. The Morgan fingerprint density at radius 3 is 2.23 bits per heavy atom. The minimum absolute atomic E-state index is 0.0222. The molecule has 3 aromatic carbocycles. The van der Waals surface area contributed by atoms with Gasteiger partial charge in [0.2, 0.25) is 5.91 Å². The summed E-state index contributed by atoms with van der Waals surface area (Å²) in [4.78, 5) is 67.8. The summed E-state index contributed by atoms with van der Waals surface area (Å²) in [5, 5.41) is 35.3. The lowest BCUT2D eigenvalue weighted by Gasteiger charge is -2.54. The summed E-state index contributed by atoms with van der Waals surface area (Å²) in [6.07, 6.45) is -1.37. The molecule has 0 bridgehead atoms. The zero-order valence-corrected chi connectivity index (χ0v) is 23.9. The average Bonchev–Trinajstić information content (AvgIpc) is 2.94. The van der Waals surface area contributed by atoms with Gasteiger partial charge >= 0.3 is 0 Å². The number of aliphatic hydroxyl groups is 2. The number of benzene rings is 3. The molecule has 0 aliphatic heterocycles. The molecule has 0 saturated heterocycles. The lowest BCUT2D eigenvalue weighted by Crippen LogP contribution is -2.75. The smallest absolute Gasteiger partial charge is 0.230 e. The number of nitrogens with zero attached hydrogens (tertiary/aromatic N) is 1. The number of rotatable bonds is 4. The molecule has 2 saturated carbocycles. The lowest BCUT2D eigenvalue weighted by atomic mass is 9.52. The molecule has 3 aromatic rings. The highest BCUT2D eigenvalue weighted by atomic mass is 16.3. The van der Waals surface area contributed by atoms with Crippen LogP contribution >= 0.6 is 0 Å². The van der Waals surface area contributed by atoms with E-state index in [1.165, 1.54) is 13.0 Å². The Labute approximate surface area is 247 Å². The van der Waals surface area contributed by atoms with E-state index in [0.717, 1.165) is 16.3 Å². The van der Waals surface area contributed by atoms with Gasteiger partial charge in [0.05, 0.1) is 17.6 Å². The van der Waals surface area contributed by atoms with E-state index in [-0.39, 0.29) is 29.9 Å². The predicted octanol–water partition coefficient (Wildman–Crippen LogP) is 1.68. The number of nitrogens with two attached hydrogens (primary N) is 1. The van der Waals surface area contributed by atoms with Crippen LogP contribution in [0, 0.1) is 23.7 Å². The number of Topliss-reactive ketones (excluding diaryl/α,β-unsaturated/α-hetero) is 4. The van der Waals surface area contributed by atoms with Crippen LogP contribution in [0.4, 0.5) is 0 Å². The molecule has 3 aliphatic rings. The van der Waals surface area contributed by atoms with E-state index in [0.29, 0.717) is 16.7 Å². The van der Waals surface area contributed by atoms with Crippen LogP contribution in [0.3, 0.4) is 0 Å². The van der Waals surface area contributed by atoms with Gasteiger partial charge in [-0.15, -0.1) is 0 Å². The molecule has 1 amide bonds.